The number of sulfonamides is 1. The van der Waals surface area contributed by atoms with Crippen molar-refractivity contribution in [2.75, 3.05) is 13.1 Å². The van der Waals surface area contributed by atoms with Crippen LogP contribution in [0.5, 0.6) is 0 Å². The molecule has 3 rings (SSSR count). The maximum Gasteiger partial charge on any atom is 0.328 e. The van der Waals surface area contributed by atoms with E-state index in [2.05, 4.69) is 22.3 Å². The van der Waals surface area contributed by atoms with Crippen molar-refractivity contribution in [3.8, 4) is 0 Å². The number of imide groups is 1. The Bertz CT molecular complexity index is 1070. The topological polar surface area (TPSA) is 125 Å². The molecular formula is C24H34N4O5S. The third-order valence-electron chi connectivity index (χ3n) is 6.49. The Morgan fingerprint density at radius 1 is 1.15 bits per heavy atom. The molecule has 0 bridgehead atoms. The predicted octanol–water partition coefficient (Wildman–Crippen LogP) is 3.07. The zero-order valence-corrected chi connectivity index (χ0v) is 20.8. The van der Waals surface area contributed by atoms with Gasteiger partial charge in [-0.25, -0.2) is 22.7 Å². The van der Waals surface area contributed by atoms with Gasteiger partial charge < -0.3 is 10.6 Å². The minimum absolute atomic E-state index is 0.0174. The molecule has 0 radical (unpaired) electrons. The lowest BCUT2D eigenvalue weighted by Crippen LogP contribution is -2.45. The van der Waals surface area contributed by atoms with Gasteiger partial charge in [0.25, 0.3) is 15.9 Å². The van der Waals surface area contributed by atoms with Crippen LogP contribution in [-0.2, 0) is 21.2 Å². The lowest BCUT2D eigenvalue weighted by Gasteiger charge is -2.26. The minimum Gasteiger partial charge on any atom is -0.337 e. The van der Waals surface area contributed by atoms with Crippen molar-refractivity contribution in [1.82, 2.24) is 20.3 Å². The summed E-state index contributed by atoms with van der Waals surface area (Å²) >= 11 is 0. The fourth-order valence-corrected chi connectivity index (χ4v) is 5.43. The van der Waals surface area contributed by atoms with Crippen LogP contribution in [0.4, 0.5) is 9.59 Å². The third kappa shape index (κ3) is 6.37. The second-order valence-corrected chi connectivity index (χ2v) is 10.9. The predicted molar refractivity (Wildman–Crippen MR) is 129 cm³/mol. The normalized spacial score (nSPS) is 20.9. The molecule has 0 saturated heterocycles. The summed E-state index contributed by atoms with van der Waals surface area (Å²) in [5.41, 5.74) is 2.25. The fourth-order valence-electron chi connectivity index (χ4n) is 4.44. The molecule has 1 aromatic carbocycles. The van der Waals surface area contributed by atoms with Crippen molar-refractivity contribution in [2.45, 2.75) is 70.2 Å². The Hall–Kier alpha value is -2.88. The monoisotopic (exact) mass is 490 g/mol. The summed E-state index contributed by atoms with van der Waals surface area (Å²) in [6, 6.07) is 5.04. The van der Waals surface area contributed by atoms with Crippen molar-refractivity contribution in [1.29, 1.82) is 0 Å². The van der Waals surface area contributed by atoms with Crippen LogP contribution in [0.25, 0.3) is 0 Å². The first kappa shape index (κ1) is 25.7. The van der Waals surface area contributed by atoms with Crippen LogP contribution in [0.15, 0.2) is 40.3 Å². The van der Waals surface area contributed by atoms with E-state index in [9.17, 15) is 22.8 Å². The average Bonchev–Trinajstić information content (AvgIpc) is 3.08. The number of hydrogen-bond acceptors (Lipinski definition) is 5. The van der Waals surface area contributed by atoms with Gasteiger partial charge in [0.05, 0.1) is 11.4 Å². The number of nitrogens with zero attached hydrogens (tertiary/aromatic N) is 1. The molecule has 9 nitrogen and oxygen atoms in total. The van der Waals surface area contributed by atoms with Gasteiger partial charge in [-0.05, 0) is 74.6 Å². The second-order valence-electron chi connectivity index (χ2n) is 9.17. The van der Waals surface area contributed by atoms with E-state index in [0.717, 1.165) is 31.3 Å². The molecule has 0 spiro atoms. The van der Waals surface area contributed by atoms with Crippen molar-refractivity contribution in [2.24, 2.45) is 5.92 Å². The van der Waals surface area contributed by atoms with E-state index < -0.39 is 22.1 Å². The zero-order chi connectivity index (χ0) is 24.9. The van der Waals surface area contributed by atoms with Crippen molar-refractivity contribution in [3.63, 3.8) is 0 Å². The van der Waals surface area contributed by atoms with Crippen molar-refractivity contribution >= 4 is 28.0 Å². The summed E-state index contributed by atoms with van der Waals surface area (Å²) < 4.78 is 27.5. The summed E-state index contributed by atoms with van der Waals surface area (Å²) in [5, 5.41) is 5.47. The molecule has 1 aliphatic heterocycles. The molecule has 0 aromatic heterocycles. The molecule has 2 aliphatic rings. The molecule has 3 N–H and O–H groups in total. The Morgan fingerprint density at radius 2 is 1.85 bits per heavy atom. The summed E-state index contributed by atoms with van der Waals surface area (Å²) in [7, 11) is -4.03. The van der Waals surface area contributed by atoms with Gasteiger partial charge in [0, 0.05) is 18.2 Å². The number of benzene rings is 1. The van der Waals surface area contributed by atoms with Crippen LogP contribution in [0.1, 0.15) is 58.4 Å². The standard InChI is InChI=1S/C24H34N4O5S/c1-4-21-17(3)15-28(22(21)29)24(31)25-13-12-18-6-5-7-20(14-18)34(32,33)27-23(30)26-19-10-8-16(2)9-11-19/h5-7,14,16,19H,4,8-13,15H2,1-3H3,(H,25,31)(H2,26,27,30)/t16-,19-. The number of nitrogens with one attached hydrogen (secondary N) is 3. The summed E-state index contributed by atoms with van der Waals surface area (Å²) in [4.78, 5) is 38.1. The largest absolute Gasteiger partial charge is 0.337 e. The van der Waals surface area contributed by atoms with Gasteiger partial charge in [-0.2, -0.15) is 0 Å². The molecule has 1 saturated carbocycles. The Morgan fingerprint density at radius 3 is 2.50 bits per heavy atom. The Labute approximate surface area is 201 Å². The highest BCUT2D eigenvalue weighted by atomic mass is 32.2. The second kappa shape index (κ2) is 11.0. The van der Waals surface area contributed by atoms with Crippen LogP contribution in [0.3, 0.4) is 0 Å². The number of urea groups is 2. The average molecular weight is 491 g/mol. The van der Waals surface area contributed by atoms with Crippen LogP contribution >= 0.6 is 0 Å². The third-order valence-corrected chi connectivity index (χ3v) is 7.82. The van der Waals surface area contributed by atoms with Gasteiger partial charge >= 0.3 is 12.1 Å². The number of carbonyl (C=O) groups is 3. The smallest absolute Gasteiger partial charge is 0.328 e. The fraction of sp³-hybridized carbons (Fsp3) is 0.542. The quantitative estimate of drug-likeness (QED) is 0.542. The number of hydrogen-bond donors (Lipinski definition) is 3. The lowest BCUT2D eigenvalue weighted by atomic mass is 9.87. The zero-order valence-electron chi connectivity index (χ0n) is 20.0. The molecule has 5 amide bonds. The van der Waals surface area contributed by atoms with E-state index in [0.29, 0.717) is 29.9 Å². The first-order valence-electron chi connectivity index (χ1n) is 11.8. The number of carbonyl (C=O) groups excluding carboxylic acids is 3. The van der Waals surface area contributed by atoms with Gasteiger partial charge in [-0.1, -0.05) is 26.0 Å². The van der Waals surface area contributed by atoms with Gasteiger partial charge in [0.1, 0.15) is 0 Å². The van der Waals surface area contributed by atoms with E-state index in [-0.39, 0.29) is 29.9 Å². The molecule has 0 unspecified atom stereocenters. The van der Waals surface area contributed by atoms with E-state index in [1.54, 1.807) is 12.1 Å². The van der Waals surface area contributed by atoms with E-state index in [4.69, 9.17) is 0 Å². The molecular weight excluding hydrogens is 456 g/mol. The van der Waals surface area contributed by atoms with Crippen LogP contribution in [0.2, 0.25) is 0 Å². The molecule has 1 aromatic rings. The molecule has 34 heavy (non-hydrogen) atoms. The highest BCUT2D eigenvalue weighted by Crippen LogP contribution is 2.23. The first-order chi connectivity index (χ1) is 16.1. The van der Waals surface area contributed by atoms with Crippen LogP contribution in [-0.4, -0.2) is 50.4 Å². The van der Waals surface area contributed by atoms with Gasteiger partial charge in [-0.15, -0.1) is 0 Å². The SMILES string of the molecule is CCC1=C(C)CN(C(=O)NCCc2cccc(S(=O)(=O)NC(=O)N[C@H]3CC[C@H](C)CC3)c2)C1=O. The van der Waals surface area contributed by atoms with Crippen LogP contribution < -0.4 is 15.4 Å². The molecule has 0 atom stereocenters. The molecule has 1 aliphatic carbocycles. The summed E-state index contributed by atoms with van der Waals surface area (Å²) in [6.07, 6.45) is 4.66. The maximum absolute atomic E-state index is 12.7. The van der Waals surface area contributed by atoms with Crippen molar-refractivity contribution in [3.05, 3.63) is 41.0 Å². The minimum atomic E-state index is -4.03. The summed E-state index contributed by atoms with van der Waals surface area (Å²) in [6.45, 7) is 6.43. The highest BCUT2D eigenvalue weighted by molar-refractivity contribution is 7.90. The molecule has 1 heterocycles. The number of rotatable bonds is 7. The first-order valence-corrected chi connectivity index (χ1v) is 13.3. The molecule has 1 fully saturated rings. The Balaban J connectivity index is 1.51. The van der Waals surface area contributed by atoms with Crippen LogP contribution in [0, 0.1) is 5.92 Å². The van der Waals surface area contributed by atoms with Crippen molar-refractivity contribution < 1.29 is 22.8 Å². The Kier molecular flexibility index (Phi) is 8.35. The molecule has 186 valence electrons. The van der Waals surface area contributed by atoms with E-state index in [1.807, 2.05) is 13.8 Å². The molecule has 10 heteroatoms. The highest BCUT2D eigenvalue weighted by Gasteiger charge is 2.31. The van der Waals surface area contributed by atoms with Gasteiger partial charge in [0.2, 0.25) is 0 Å². The van der Waals surface area contributed by atoms with E-state index >= 15 is 0 Å². The lowest BCUT2D eigenvalue weighted by molar-refractivity contribution is -0.123. The summed E-state index contributed by atoms with van der Waals surface area (Å²) in [5.74, 6) is 0.362. The van der Waals surface area contributed by atoms with E-state index in [1.165, 1.54) is 17.0 Å². The van der Waals surface area contributed by atoms with Gasteiger partial charge in [-0.3, -0.25) is 9.69 Å². The van der Waals surface area contributed by atoms with Gasteiger partial charge in [0.15, 0.2) is 0 Å². The number of amides is 5. The maximum atomic E-state index is 12.7.